The summed E-state index contributed by atoms with van der Waals surface area (Å²) in [4.78, 5) is 11.5. The zero-order chi connectivity index (χ0) is 12.8. The van der Waals surface area contributed by atoms with Crippen LogP contribution in [0.1, 0.15) is 19.4 Å². The Morgan fingerprint density at radius 1 is 1.47 bits per heavy atom. The van der Waals surface area contributed by atoms with Crippen LogP contribution in [0.4, 0.5) is 0 Å². The lowest BCUT2D eigenvalue weighted by atomic mass is 10.2. The monoisotopic (exact) mass is 253 g/mol. The molecule has 4 nitrogen and oxygen atoms in total. The molecule has 0 amide bonds. The number of esters is 1. The summed E-state index contributed by atoms with van der Waals surface area (Å²) < 4.78 is 10.2. The Morgan fingerprint density at radius 3 is 2.76 bits per heavy atom. The lowest BCUT2D eigenvalue weighted by molar-refractivity contribution is -0.149. The zero-order valence-electron chi connectivity index (χ0n) is 9.80. The third-order valence-electron chi connectivity index (χ3n) is 1.84. The van der Waals surface area contributed by atoms with Crippen molar-refractivity contribution in [3.63, 3.8) is 0 Å². The first-order chi connectivity index (χ1) is 7.99. The first-order valence-corrected chi connectivity index (χ1v) is 5.62. The third-order valence-corrected chi connectivity index (χ3v) is 2.08. The highest BCUT2D eigenvalue weighted by atomic mass is 32.1. The molecule has 0 atom stereocenters. The Kier molecular flexibility index (Phi) is 4.90. The van der Waals surface area contributed by atoms with Crippen molar-refractivity contribution in [1.82, 2.24) is 0 Å². The van der Waals surface area contributed by atoms with Crippen molar-refractivity contribution < 1.29 is 14.3 Å². The molecule has 0 radical (unpaired) electrons. The average molecular weight is 253 g/mol. The molecule has 92 valence electrons. The second kappa shape index (κ2) is 6.20. The van der Waals surface area contributed by atoms with Crippen LogP contribution < -0.4 is 10.5 Å². The molecule has 17 heavy (non-hydrogen) atoms. The van der Waals surface area contributed by atoms with Gasteiger partial charge in [0.15, 0.2) is 6.61 Å². The summed E-state index contributed by atoms with van der Waals surface area (Å²) in [6, 6.07) is 6.95. The standard InChI is InChI=1S/C12H15NO3S/c1-8(2)16-11(14)7-15-10-5-3-4-9(6-10)12(13)17/h3-6,8H,7H2,1-2H3,(H2,13,17). The van der Waals surface area contributed by atoms with Crippen LogP contribution in [0.5, 0.6) is 5.75 Å². The summed E-state index contributed by atoms with van der Waals surface area (Å²) >= 11 is 4.85. The van der Waals surface area contributed by atoms with Crippen LogP contribution in [0, 0.1) is 0 Å². The fourth-order valence-corrected chi connectivity index (χ4v) is 1.31. The minimum absolute atomic E-state index is 0.126. The number of hydrogen-bond acceptors (Lipinski definition) is 4. The van der Waals surface area contributed by atoms with Crippen LogP contribution in [0.2, 0.25) is 0 Å². The number of carbonyl (C=O) groups is 1. The maximum atomic E-state index is 11.2. The molecule has 1 aromatic rings. The Labute approximate surface area is 106 Å². The number of hydrogen-bond donors (Lipinski definition) is 1. The molecular weight excluding hydrogens is 238 g/mol. The maximum Gasteiger partial charge on any atom is 0.344 e. The topological polar surface area (TPSA) is 61.5 Å². The molecule has 5 heteroatoms. The molecule has 0 unspecified atom stereocenters. The van der Waals surface area contributed by atoms with Gasteiger partial charge in [0.1, 0.15) is 10.7 Å². The van der Waals surface area contributed by atoms with E-state index in [0.717, 1.165) is 0 Å². The summed E-state index contributed by atoms with van der Waals surface area (Å²) in [7, 11) is 0. The second-order valence-corrected chi connectivity index (χ2v) is 4.16. The minimum atomic E-state index is -0.402. The highest BCUT2D eigenvalue weighted by molar-refractivity contribution is 7.80. The van der Waals surface area contributed by atoms with Crippen molar-refractivity contribution in [2.45, 2.75) is 20.0 Å². The van der Waals surface area contributed by atoms with Crippen LogP contribution >= 0.6 is 12.2 Å². The highest BCUT2D eigenvalue weighted by Gasteiger charge is 2.07. The zero-order valence-corrected chi connectivity index (χ0v) is 10.6. The maximum absolute atomic E-state index is 11.2. The molecule has 0 aliphatic heterocycles. The fourth-order valence-electron chi connectivity index (χ4n) is 1.18. The largest absolute Gasteiger partial charge is 0.482 e. The SMILES string of the molecule is CC(C)OC(=O)COc1cccc(C(N)=S)c1. The van der Waals surface area contributed by atoms with E-state index in [0.29, 0.717) is 16.3 Å². The third kappa shape index (κ3) is 4.82. The van der Waals surface area contributed by atoms with Crippen molar-refractivity contribution in [2.75, 3.05) is 6.61 Å². The van der Waals surface area contributed by atoms with Crippen molar-refractivity contribution >= 4 is 23.2 Å². The molecule has 1 aromatic carbocycles. The molecule has 0 heterocycles. The van der Waals surface area contributed by atoms with E-state index >= 15 is 0 Å². The fraction of sp³-hybridized carbons (Fsp3) is 0.333. The number of nitrogens with two attached hydrogens (primary N) is 1. The molecule has 0 spiro atoms. The van der Waals surface area contributed by atoms with Gasteiger partial charge in [-0.15, -0.1) is 0 Å². The van der Waals surface area contributed by atoms with E-state index in [1.54, 1.807) is 38.1 Å². The lowest BCUT2D eigenvalue weighted by Gasteiger charge is -2.09. The van der Waals surface area contributed by atoms with Gasteiger partial charge in [-0.05, 0) is 26.0 Å². The molecule has 2 N–H and O–H groups in total. The van der Waals surface area contributed by atoms with Gasteiger partial charge < -0.3 is 15.2 Å². The molecule has 0 fully saturated rings. The predicted octanol–water partition coefficient (Wildman–Crippen LogP) is 1.65. The molecule has 0 aromatic heterocycles. The van der Waals surface area contributed by atoms with Gasteiger partial charge in [-0.3, -0.25) is 0 Å². The van der Waals surface area contributed by atoms with Crippen LogP contribution in [-0.4, -0.2) is 23.7 Å². The van der Waals surface area contributed by atoms with E-state index in [-0.39, 0.29) is 12.7 Å². The van der Waals surface area contributed by atoms with Gasteiger partial charge in [0, 0.05) is 5.56 Å². The summed E-state index contributed by atoms with van der Waals surface area (Å²) in [5, 5.41) is 0. The number of rotatable bonds is 5. The molecule has 0 saturated heterocycles. The first kappa shape index (κ1) is 13.4. The number of benzene rings is 1. The Balaban J connectivity index is 2.54. The van der Waals surface area contributed by atoms with E-state index in [4.69, 9.17) is 27.4 Å². The lowest BCUT2D eigenvalue weighted by Crippen LogP contribution is -2.19. The van der Waals surface area contributed by atoms with Gasteiger partial charge in [0.2, 0.25) is 0 Å². The minimum Gasteiger partial charge on any atom is -0.482 e. The molecule has 0 aliphatic carbocycles. The summed E-state index contributed by atoms with van der Waals surface area (Å²) in [6.45, 7) is 3.44. The van der Waals surface area contributed by atoms with Crippen LogP contribution in [0.3, 0.4) is 0 Å². The van der Waals surface area contributed by atoms with Crippen LogP contribution in [0.15, 0.2) is 24.3 Å². The average Bonchev–Trinajstić information content (AvgIpc) is 2.26. The summed E-state index contributed by atoms with van der Waals surface area (Å²) in [6.07, 6.45) is -0.144. The quantitative estimate of drug-likeness (QED) is 0.638. The van der Waals surface area contributed by atoms with Gasteiger partial charge in [-0.2, -0.15) is 0 Å². The van der Waals surface area contributed by atoms with E-state index < -0.39 is 5.97 Å². The van der Waals surface area contributed by atoms with Gasteiger partial charge >= 0.3 is 5.97 Å². The molecular formula is C12H15NO3S. The highest BCUT2D eigenvalue weighted by Crippen LogP contribution is 2.13. The summed E-state index contributed by atoms with van der Waals surface area (Å²) in [5.41, 5.74) is 6.19. The number of ether oxygens (including phenoxy) is 2. The number of carbonyl (C=O) groups excluding carboxylic acids is 1. The molecule has 1 rings (SSSR count). The summed E-state index contributed by atoms with van der Waals surface area (Å²) in [5.74, 6) is 0.136. The van der Waals surface area contributed by atoms with Crippen molar-refractivity contribution in [3.05, 3.63) is 29.8 Å². The van der Waals surface area contributed by atoms with E-state index in [1.807, 2.05) is 0 Å². The van der Waals surface area contributed by atoms with E-state index in [2.05, 4.69) is 0 Å². The molecule has 0 aliphatic rings. The van der Waals surface area contributed by atoms with E-state index in [9.17, 15) is 4.79 Å². The van der Waals surface area contributed by atoms with Gasteiger partial charge in [0.05, 0.1) is 6.10 Å². The Morgan fingerprint density at radius 2 is 2.18 bits per heavy atom. The Hall–Kier alpha value is -1.62. The van der Waals surface area contributed by atoms with Crippen LogP contribution in [0.25, 0.3) is 0 Å². The molecule has 0 saturated carbocycles. The van der Waals surface area contributed by atoms with Crippen molar-refractivity contribution in [1.29, 1.82) is 0 Å². The van der Waals surface area contributed by atoms with Crippen molar-refractivity contribution in [3.8, 4) is 5.75 Å². The normalized spacial score (nSPS) is 10.1. The smallest absolute Gasteiger partial charge is 0.344 e. The first-order valence-electron chi connectivity index (χ1n) is 5.21. The van der Waals surface area contributed by atoms with Gasteiger partial charge in [0.25, 0.3) is 0 Å². The number of thiocarbonyl (C=S) groups is 1. The van der Waals surface area contributed by atoms with Crippen LogP contribution in [-0.2, 0) is 9.53 Å². The van der Waals surface area contributed by atoms with Gasteiger partial charge in [-0.1, -0.05) is 24.4 Å². The Bertz CT molecular complexity index is 418. The van der Waals surface area contributed by atoms with Crippen molar-refractivity contribution in [2.24, 2.45) is 5.73 Å². The van der Waals surface area contributed by atoms with Gasteiger partial charge in [-0.25, -0.2) is 4.79 Å². The molecule has 0 bridgehead atoms. The van der Waals surface area contributed by atoms with E-state index in [1.165, 1.54) is 0 Å². The second-order valence-electron chi connectivity index (χ2n) is 3.72. The predicted molar refractivity (Wildman–Crippen MR) is 69.1 cm³/mol.